The minimum absolute atomic E-state index is 0.222. The van der Waals surface area contributed by atoms with Gasteiger partial charge < -0.3 is 14.8 Å². The van der Waals surface area contributed by atoms with Gasteiger partial charge >= 0.3 is 5.97 Å². The number of pyridine rings is 1. The third-order valence-electron chi connectivity index (χ3n) is 2.68. The molecular weight excluding hydrogens is 276 g/mol. The number of anilines is 1. The van der Waals surface area contributed by atoms with Crippen LogP contribution in [0.15, 0.2) is 30.5 Å². The van der Waals surface area contributed by atoms with Crippen LogP contribution in [0.25, 0.3) is 0 Å². The summed E-state index contributed by atoms with van der Waals surface area (Å²) in [6.45, 7) is 0.661. The Morgan fingerprint density at radius 3 is 2.85 bits per heavy atom. The molecule has 0 aliphatic heterocycles. The zero-order valence-electron chi connectivity index (χ0n) is 11.4. The number of nitrogens with one attached hydrogen (secondary N) is 1. The number of ether oxygens (including phenoxy) is 2. The minimum Gasteiger partial charge on any atom is -0.480 e. The molecule has 2 heterocycles. The van der Waals surface area contributed by atoms with Crippen molar-refractivity contribution < 1.29 is 14.3 Å². The van der Waals surface area contributed by atoms with Gasteiger partial charge in [0.05, 0.1) is 26.3 Å². The molecular formula is C14H16N2O3S. The molecule has 2 aromatic heterocycles. The van der Waals surface area contributed by atoms with Crippen molar-refractivity contribution in [3.63, 3.8) is 0 Å². The summed E-state index contributed by atoms with van der Waals surface area (Å²) in [5.74, 6) is 0.346. The fourth-order valence-corrected chi connectivity index (χ4v) is 2.64. The number of hydrogen-bond acceptors (Lipinski definition) is 6. The third-order valence-corrected chi connectivity index (χ3v) is 3.77. The zero-order valence-corrected chi connectivity index (χ0v) is 12.2. The van der Waals surface area contributed by atoms with Crippen molar-refractivity contribution in [2.75, 3.05) is 19.5 Å². The second-order valence-electron chi connectivity index (χ2n) is 4.03. The lowest BCUT2D eigenvalue weighted by molar-refractivity contribution is -0.139. The van der Waals surface area contributed by atoms with E-state index in [1.165, 1.54) is 7.11 Å². The van der Waals surface area contributed by atoms with Crippen LogP contribution < -0.4 is 10.1 Å². The number of thiophene rings is 1. The van der Waals surface area contributed by atoms with E-state index in [-0.39, 0.29) is 5.97 Å². The molecule has 0 aliphatic carbocycles. The maximum atomic E-state index is 11.2. The first-order chi connectivity index (χ1) is 9.72. The predicted molar refractivity (Wildman–Crippen MR) is 78.2 cm³/mol. The normalized spacial score (nSPS) is 10.1. The van der Waals surface area contributed by atoms with Crippen molar-refractivity contribution in [1.29, 1.82) is 0 Å². The van der Waals surface area contributed by atoms with E-state index in [9.17, 15) is 4.79 Å². The molecule has 1 N–H and O–H groups in total. The first kappa shape index (κ1) is 14.3. The molecule has 0 aliphatic rings. The average molecular weight is 292 g/mol. The van der Waals surface area contributed by atoms with Gasteiger partial charge in [-0.1, -0.05) is 0 Å². The Balaban J connectivity index is 1.96. The molecule has 6 heteroatoms. The van der Waals surface area contributed by atoms with Gasteiger partial charge in [-0.3, -0.25) is 4.79 Å². The van der Waals surface area contributed by atoms with Gasteiger partial charge in [0.2, 0.25) is 5.88 Å². The smallest absolute Gasteiger partial charge is 0.310 e. The van der Waals surface area contributed by atoms with Gasteiger partial charge in [-0.15, -0.1) is 11.3 Å². The first-order valence-electron chi connectivity index (χ1n) is 6.10. The SMILES string of the molecule is COC(=O)Cc1ccc(CNc2cccnc2OC)s1. The van der Waals surface area contributed by atoms with Crippen LogP contribution in [0.5, 0.6) is 5.88 Å². The topological polar surface area (TPSA) is 60.5 Å². The Morgan fingerprint density at radius 2 is 2.10 bits per heavy atom. The van der Waals surface area contributed by atoms with Crippen molar-refractivity contribution in [2.45, 2.75) is 13.0 Å². The second-order valence-corrected chi connectivity index (χ2v) is 5.29. The number of aromatic nitrogens is 1. The Hall–Kier alpha value is -2.08. The highest BCUT2D eigenvalue weighted by Gasteiger charge is 2.07. The Labute approximate surface area is 121 Å². The monoisotopic (exact) mass is 292 g/mol. The molecule has 106 valence electrons. The van der Waals surface area contributed by atoms with Gasteiger partial charge in [-0.2, -0.15) is 0 Å². The largest absolute Gasteiger partial charge is 0.480 e. The fourth-order valence-electron chi connectivity index (χ4n) is 1.70. The van der Waals surface area contributed by atoms with Crippen LogP contribution in [0.2, 0.25) is 0 Å². The van der Waals surface area contributed by atoms with Crippen LogP contribution in [0.3, 0.4) is 0 Å². The molecule has 20 heavy (non-hydrogen) atoms. The molecule has 0 amide bonds. The van der Waals surface area contributed by atoms with Gasteiger partial charge in [0.15, 0.2) is 0 Å². The fraction of sp³-hybridized carbons (Fsp3) is 0.286. The molecule has 0 spiro atoms. The van der Waals surface area contributed by atoms with Crippen LogP contribution in [0.1, 0.15) is 9.75 Å². The van der Waals surface area contributed by atoms with Gasteiger partial charge in [0, 0.05) is 22.5 Å². The second kappa shape index (κ2) is 6.91. The first-order valence-corrected chi connectivity index (χ1v) is 6.92. The highest BCUT2D eigenvalue weighted by Crippen LogP contribution is 2.23. The van der Waals surface area contributed by atoms with Crippen molar-refractivity contribution in [2.24, 2.45) is 0 Å². The van der Waals surface area contributed by atoms with Crippen LogP contribution in [-0.4, -0.2) is 25.2 Å². The number of hydrogen-bond donors (Lipinski definition) is 1. The predicted octanol–water partition coefficient (Wildman–Crippen LogP) is 2.48. The van der Waals surface area contributed by atoms with E-state index in [4.69, 9.17) is 4.74 Å². The molecule has 0 atom stereocenters. The maximum Gasteiger partial charge on any atom is 0.310 e. The Morgan fingerprint density at radius 1 is 1.30 bits per heavy atom. The van der Waals surface area contributed by atoms with E-state index in [0.29, 0.717) is 18.8 Å². The van der Waals surface area contributed by atoms with E-state index in [1.807, 2.05) is 24.3 Å². The van der Waals surface area contributed by atoms with Crippen molar-refractivity contribution in [3.05, 3.63) is 40.2 Å². The van der Waals surface area contributed by atoms with Gasteiger partial charge in [-0.05, 0) is 24.3 Å². The summed E-state index contributed by atoms with van der Waals surface area (Å²) in [6, 6.07) is 7.70. The third kappa shape index (κ3) is 3.71. The van der Waals surface area contributed by atoms with Crippen LogP contribution >= 0.6 is 11.3 Å². The molecule has 0 bridgehead atoms. The molecule has 0 unspecified atom stereocenters. The Kier molecular flexibility index (Phi) is 4.95. The summed E-state index contributed by atoms with van der Waals surface area (Å²) in [4.78, 5) is 17.4. The summed E-state index contributed by atoms with van der Waals surface area (Å²) in [7, 11) is 2.99. The van der Waals surface area contributed by atoms with Crippen molar-refractivity contribution in [3.8, 4) is 5.88 Å². The minimum atomic E-state index is -0.222. The van der Waals surface area contributed by atoms with Crippen LogP contribution in [-0.2, 0) is 22.5 Å². The molecule has 0 saturated heterocycles. The molecule has 5 nitrogen and oxygen atoms in total. The van der Waals surface area contributed by atoms with Crippen molar-refractivity contribution >= 4 is 23.0 Å². The molecule has 0 aromatic carbocycles. The van der Waals surface area contributed by atoms with Crippen LogP contribution in [0, 0.1) is 0 Å². The lowest BCUT2D eigenvalue weighted by atomic mass is 10.3. The molecule has 2 aromatic rings. The maximum absolute atomic E-state index is 11.2. The zero-order chi connectivity index (χ0) is 14.4. The summed E-state index contributed by atoms with van der Waals surface area (Å²) >= 11 is 1.58. The average Bonchev–Trinajstić information content (AvgIpc) is 2.92. The van der Waals surface area contributed by atoms with Gasteiger partial charge in [0.1, 0.15) is 0 Å². The summed E-state index contributed by atoms with van der Waals surface area (Å²) in [5, 5.41) is 3.27. The molecule has 0 fully saturated rings. The number of carbonyl (C=O) groups is 1. The summed E-state index contributed by atoms with van der Waals surface area (Å²) in [5.41, 5.74) is 0.845. The van der Waals surface area contributed by atoms with E-state index >= 15 is 0 Å². The van der Waals surface area contributed by atoms with Gasteiger partial charge in [-0.25, -0.2) is 4.98 Å². The van der Waals surface area contributed by atoms with Crippen LogP contribution in [0.4, 0.5) is 5.69 Å². The van der Waals surface area contributed by atoms with E-state index in [0.717, 1.165) is 15.4 Å². The number of esters is 1. The van der Waals surface area contributed by atoms with E-state index < -0.39 is 0 Å². The summed E-state index contributed by atoms with van der Waals surface area (Å²) < 4.78 is 9.83. The lowest BCUT2D eigenvalue weighted by Crippen LogP contribution is -2.02. The highest BCUT2D eigenvalue weighted by molar-refractivity contribution is 7.12. The number of rotatable bonds is 6. The quantitative estimate of drug-likeness (QED) is 0.829. The standard InChI is InChI=1S/C14H16N2O3S/c1-18-13(17)8-10-5-6-11(20-10)9-16-12-4-3-7-15-14(12)19-2/h3-7,16H,8-9H2,1-2H3. The number of carbonyl (C=O) groups excluding carboxylic acids is 1. The lowest BCUT2D eigenvalue weighted by Gasteiger charge is -2.08. The Bertz CT molecular complexity index is 583. The van der Waals surface area contributed by atoms with E-state index in [2.05, 4.69) is 15.0 Å². The highest BCUT2D eigenvalue weighted by atomic mass is 32.1. The molecule has 0 saturated carbocycles. The van der Waals surface area contributed by atoms with E-state index in [1.54, 1.807) is 24.6 Å². The van der Waals surface area contributed by atoms with Crippen molar-refractivity contribution in [1.82, 2.24) is 4.98 Å². The number of methoxy groups -OCH3 is 2. The molecule has 0 radical (unpaired) electrons. The van der Waals surface area contributed by atoms with Gasteiger partial charge in [0.25, 0.3) is 0 Å². The molecule has 2 rings (SSSR count). The summed E-state index contributed by atoms with van der Waals surface area (Å²) in [6.07, 6.45) is 2.00. The number of nitrogens with zero attached hydrogens (tertiary/aromatic N) is 1.